The minimum atomic E-state index is -0.439. The quantitative estimate of drug-likeness (QED) is 0.763. The SMILES string of the molecule is COc1cc2c(cc1OC)[C@@H]1C[C@H](N)[C@@H](N3CC(CF)CC3=O)CN1CC2.Cl.Cl. The number of nitrogens with two attached hydrogens (primary N) is 1. The third-order valence-electron chi connectivity index (χ3n) is 6.38. The molecule has 29 heavy (non-hydrogen) atoms. The van der Waals surface area contributed by atoms with Gasteiger partial charge in [-0.25, -0.2) is 0 Å². The smallest absolute Gasteiger partial charge is 0.223 e. The van der Waals surface area contributed by atoms with Crippen LogP contribution in [0.3, 0.4) is 0 Å². The minimum Gasteiger partial charge on any atom is -0.493 e. The number of piperidine rings is 1. The van der Waals surface area contributed by atoms with Crippen LogP contribution in [0.5, 0.6) is 11.5 Å². The average Bonchev–Trinajstić information content (AvgIpc) is 3.06. The van der Waals surface area contributed by atoms with Crippen LogP contribution in [-0.4, -0.2) is 68.3 Å². The summed E-state index contributed by atoms with van der Waals surface area (Å²) >= 11 is 0. The Bertz CT molecular complexity index is 739. The molecule has 4 rings (SSSR count). The summed E-state index contributed by atoms with van der Waals surface area (Å²) in [7, 11) is 3.30. The summed E-state index contributed by atoms with van der Waals surface area (Å²) in [6.45, 7) is 1.72. The van der Waals surface area contributed by atoms with Gasteiger partial charge in [-0.15, -0.1) is 24.8 Å². The van der Waals surface area contributed by atoms with Crippen LogP contribution in [0.25, 0.3) is 0 Å². The molecule has 0 spiro atoms. The summed E-state index contributed by atoms with van der Waals surface area (Å²) in [5, 5.41) is 0. The Labute approximate surface area is 183 Å². The molecule has 2 saturated heterocycles. The third-order valence-corrected chi connectivity index (χ3v) is 6.38. The molecule has 2 fully saturated rings. The highest BCUT2D eigenvalue weighted by atomic mass is 35.5. The van der Waals surface area contributed by atoms with Crippen molar-refractivity contribution in [1.29, 1.82) is 0 Å². The number of benzene rings is 1. The predicted molar refractivity (Wildman–Crippen MR) is 114 cm³/mol. The Kier molecular flexibility index (Phi) is 8.01. The monoisotopic (exact) mass is 449 g/mol. The van der Waals surface area contributed by atoms with Crippen molar-refractivity contribution < 1.29 is 18.7 Å². The van der Waals surface area contributed by atoms with Crippen molar-refractivity contribution in [2.75, 3.05) is 40.5 Å². The molecule has 4 atom stereocenters. The van der Waals surface area contributed by atoms with Crippen molar-refractivity contribution in [3.8, 4) is 11.5 Å². The molecule has 0 saturated carbocycles. The molecular formula is C20H30Cl2FN3O3. The van der Waals surface area contributed by atoms with Gasteiger partial charge >= 0.3 is 0 Å². The molecule has 2 N–H and O–H groups in total. The predicted octanol–water partition coefficient (Wildman–Crippen LogP) is 2.36. The van der Waals surface area contributed by atoms with Crippen LogP contribution in [0, 0.1) is 5.92 Å². The molecule has 0 aromatic heterocycles. The molecule has 6 nitrogen and oxygen atoms in total. The Morgan fingerprint density at radius 1 is 1.17 bits per heavy atom. The van der Waals surface area contributed by atoms with Gasteiger partial charge in [0.15, 0.2) is 11.5 Å². The second-order valence-corrected chi connectivity index (χ2v) is 7.90. The van der Waals surface area contributed by atoms with Crippen molar-refractivity contribution in [3.63, 3.8) is 0 Å². The highest BCUT2D eigenvalue weighted by Gasteiger charge is 2.44. The number of likely N-dealkylation sites (tertiary alicyclic amines) is 1. The number of hydrogen-bond donors (Lipinski definition) is 1. The molecule has 0 bridgehead atoms. The summed E-state index contributed by atoms with van der Waals surface area (Å²) in [6.07, 6.45) is 2.01. The van der Waals surface area contributed by atoms with Crippen LogP contribution in [0.4, 0.5) is 4.39 Å². The van der Waals surface area contributed by atoms with Crippen LogP contribution >= 0.6 is 24.8 Å². The molecular weight excluding hydrogens is 420 g/mol. The van der Waals surface area contributed by atoms with Gasteiger partial charge in [0.05, 0.1) is 26.9 Å². The van der Waals surface area contributed by atoms with E-state index in [1.54, 1.807) is 14.2 Å². The van der Waals surface area contributed by atoms with E-state index in [9.17, 15) is 9.18 Å². The van der Waals surface area contributed by atoms with E-state index < -0.39 is 6.67 Å². The first-order chi connectivity index (χ1) is 13.0. The largest absolute Gasteiger partial charge is 0.493 e. The van der Waals surface area contributed by atoms with Crippen molar-refractivity contribution >= 4 is 30.7 Å². The topological polar surface area (TPSA) is 68.0 Å². The maximum absolute atomic E-state index is 13.0. The number of methoxy groups -OCH3 is 2. The second-order valence-electron chi connectivity index (χ2n) is 7.90. The third kappa shape index (κ3) is 4.29. The lowest BCUT2D eigenvalue weighted by atomic mass is 9.83. The lowest BCUT2D eigenvalue weighted by molar-refractivity contribution is -0.131. The Hall–Kier alpha value is -1.28. The van der Waals surface area contributed by atoms with Gasteiger partial charge in [0.25, 0.3) is 0 Å². The standard InChI is InChI=1S/C20H28FN3O3.2ClH/c1-26-18-6-13-3-4-23-11-17(24-10-12(9-21)5-20(24)25)15(22)8-16(23)14(13)7-19(18)27-2;;/h6-7,12,15-17H,3-5,8-11,22H2,1-2H3;2*1H/t12?,15-,16-,17-;;/m0../s1. The fourth-order valence-electron chi connectivity index (χ4n) is 4.93. The Balaban J connectivity index is 0.00000150. The number of hydrogen-bond acceptors (Lipinski definition) is 5. The number of carbonyl (C=O) groups excluding carboxylic acids is 1. The van der Waals surface area contributed by atoms with E-state index in [2.05, 4.69) is 17.0 Å². The molecule has 9 heteroatoms. The maximum Gasteiger partial charge on any atom is 0.223 e. The Morgan fingerprint density at radius 2 is 1.86 bits per heavy atom. The van der Waals surface area contributed by atoms with Gasteiger partial charge in [-0.2, -0.15) is 0 Å². The number of nitrogens with zero attached hydrogens (tertiary/aromatic N) is 2. The zero-order valence-electron chi connectivity index (χ0n) is 16.8. The van der Waals surface area contributed by atoms with E-state index >= 15 is 0 Å². The van der Waals surface area contributed by atoms with Crippen LogP contribution in [0.2, 0.25) is 0 Å². The van der Waals surface area contributed by atoms with Crippen molar-refractivity contribution in [1.82, 2.24) is 9.80 Å². The van der Waals surface area contributed by atoms with Crippen molar-refractivity contribution in [3.05, 3.63) is 23.3 Å². The van der Waals surface area contributed by atoms with Crippen LogP contribution in [0.15, 0.2) is 12.1 Å². The van der Waals surface area contributed by atoms with Gasteiger partial charge in [-0.05, 0) is 36.1 Å². The van der Waals surface area contributed by atoms with E-state index in [-0.39, 0.29) is 54.8 Å². The number of carbonyl (C=O) groups is 1. The van der Waals surface area contributed by atoms with E-state index in [0.29, 0.717) is 13.0 Å². The molecule has 3 aliphatic rings. The molecule has 0 aliphatic carbocycles. The van der Waals surface area contributed by atoms with Gasteiger partial charge in [-0.1, -0.05) is 0 Å². The van der Waals surface area contributed by atoms with E-state index in [0.717, 1.165) is 37.4 Å². The highest BCUT2D eigenvalue weighted by Crippen LogP contribution is 2.42. The molecule has 1 unspecified atom stereocenters. The molecule has 1 aromatic carbocycles. The van der Waals surface area contributed by atoms with Crippen LogP contribution in [0.1, 0.15) is 30.0 Å². The first-order valence-electron chi connectivity index (χ1n) is 9.65. The van der Waals surface area contributed by atoms with Crippen molar-refractivity contribution in [2.45, 2.75) is 37.4 Å². The first kappa shape index (κ1) is 24.0. The average molecular weight is 450 g/mol. The molecule has 3 aliphatic heterocycles. The van der Waals surface area contributed by atoms with Gasteiger partial charge in [0.1, 0.15) is 0 Å². The number of halogens is 3. The number of rotatable bonds is 4. The van der Waals surface area contributed by atoms with Crippen LogP contribution < -0.4 is 15.2 Å². The summed E-state index contributed by atoms with van der Waals surface area (Å²) in [5.41, 5.74) is 9.04. The van der Waals surface area contributed by atoms with Crippen LogP contribution in [-0.2, 0) is 11.2 Å². The summed E-state index contributed by atoms with van der Waals surface area (Å²) in [4.78, 5) is 16.6. The van der Waals surface area contributed by atoms with Gasteiger partial charge < -0.3 is 20.1 Å². The normalized spacial score (nSPS) is 28.7. The highest BCUT2D eigenvalue weighted by molar-refractivity contribution is 5.85. The van der Waals surface area contributed by atoms with Crippen molar-refractivity contribution in [2.24, 2.45) is 11.7 Å². The van der Waals surface area contributed by atoms with Gasteiger partial charge in [0.2, 0.25) is 5.91 Å². The molecule has 164 valence electrons. The second kappa shape index (κ2) is 9.69. The molecule has 1 amide bonds. The minimum absolute atomic E-state index is 0. The summed E-state index contributed by atoms with van der Waals surface area (Å²) in [5.74, 6) is 1.35. The zero-order chi connectivity index (χ0) is 19.1. The molecule has 3 heterocycles. The summed E-state index contributed by atoms with van der Waals surface area (Å²) in [6, 6.07) is 4.20. The number of amides is 1. The molecule has 1 aromatic rings. The fourth-order valence-corrected chi connectivity index (χ4v) is 4.93. The zero-order valence-corrected chi connectivity index (χ0v) is 18.4. The lowest BCUT2D eigenvalue weighted by Gasteiger charge is -2.48. The van der Waals surface area contributed by atoms with E-state index in [4.69, 9.17) is 15.2 Å². The molecule has 0 radical (unpaired) electrons. The van der Waals surface area contributed by atoms with E-state index in [1.807, 2.05) is 4.90 Å². The number of ether oxygens (including phenoxy) is 2. The summed E-state index contributed by atoms with van der Waals surface area (Å²) < 4.78 is 24.0. The van der Waals surface area contributed by atoms with Gasteiger partial charge in [-0.3, -0.25) is 14.1 Å². The van der Waals surface area contributed by atoms with Gasteiger partial charge in [0, 0.05) is 44.1 Å². The number of alkyl halides is 1. The Morgan fingerprint density at radius 3 is 2.48 bits per heavy atom. The fraction of sp³-hybridized carbons (Fsp3) is 0.650. The van der Waals surface area contributed by atoms with E-state index in [1.165, 1.54) is 11.1 Å². The first-order valence-corrected chi connectivity index (χ1v) is 9.65. The maximum atomic E-state index is 13.0. The number of fused-ring (bicyclic) bond motifs is 3. The lowest BCUT2D eigenvalue weighted by Crippen LogP contribution is -2.60.